The Labute approximate surface area is 149 Å². The molecule has 0 atom stereocenters. The molecule has 4 nitrogen and oxygen atoms in total. The van der Waals surface area contributed by atoms with Crippen molar-refractivity contribution in [3.63, 3.8) is 0 Å². The fourth-order valence-corrected chi connectivity index (χ4v) is 2.97. The molecule has 0 unspecified atom stereocenters. The van der Waals surface area contributed by atoms with Gasteiger partial charge in [-0.25, -0.2) is 0 Å². The van der Waals surface area contributed by atoms with Crippen LogP contribution < -0.4 is 5.32 Å². The van der Waals surface area contributed by atoms with Crippen LogP contribution in [-0.2, 0) is 11.0 Å². The quantitative estimate of drug-likeness (QED) is 0.800. The number of alkyl halides is 4. The molecule has 1 aromatic rings. The van der Waals surface area contributed by atoms with Crippen molar-refractivity contribution in [2.45, 2.75) is 37.9 Å². The Balaban J connectivity index is 1.95. The summed E-state index contributed by atoms with van der Waals surface area (Å²) in [6.07, 6.45) is -2.58. The van der Waals surface area contributed by atoms with Gasteiger partial charge in [-0.05, 0) is 31.4 Å². The molecular formula is C17H20ClF3N2O2. The van der Waals surface area contributed by atoms with Crippen LogP contribution in [0.15, 0.2) is 24.3 Å². The van der Waals surface area contributed by atoms with E-state index in [4.69, 9.17) is 11.6 Å². The Morgan fingerprint density at radius 2 is 1.84 bits per heavy atom. The first-order valence-electron chi connectivity index (χ1n) is 8.13. The molecular weight excluding hydrogens is 357 g/mol. The maximum atomic E-state index is 13.1. The second-order valence-corrected chi connectivity index (χ2v) is 6.35. The largest absolute Gasteiger partial charge is 0.417 e. The van der Waals surface area contributed by atoms with E-state index in [0.717, 1.165) is 6.07 Å². The maximum Gasteiger partial charge on any atom is 0.417 e. The van der Waals surface area contributed by atoms with Gasteiger partial charge in [-0.3, -0.25) is 9.59 Å². The van der Waals surface area contributed by atoms with Gasteiger partial charge < -0.3 is 10.2 Å². The summed E-state index contributed by atoms with van der Waals surface area (Å²) in [5, 5.41) is 2.87. The van der Waals surface area contributed by atoms with Crippen molar-refractivity contribution in [3.8, 4) is 0 Å². The maximum absolute atomic E-state index is 13.1. The molecule has 1 aliphatic rings. The van der Waals surface area contributed by atoms with Crippen molar-refractivity contribution in [2.75, 3.05) is 19.0 Å². The van der Waals surface area contributed by atoms with Crippen LogP contribution >= 0.6 is 11.6 Å². The van der Waals surface area contributed by atoms with Gasteiger partial charge in [0.05, 0.1) is 11.1 Å². The zero-order chi connectivity index (χ0) is 18.4. The van der Waals surface area contributed by atoms with E-state index in [1.807, 2.05) is 0 Å². The molecule has 0 aliphatic carbocycles. The van der Waals surface area contributed by atoms with Crippen LogP contribution in [0.1, 0.15) is 41.6 Å². The molecule has 138 valence electrons. The summed E-state index contributed by atoms with van der Waals surface area (Å²) in [6, 6.07) is 4.74. The Hall–Kier alpha value is -1.76. The second kappa shape index (κ2) is 8.56. The molecule has 2 amide bonds. The molecule has 0 radical (unpaired) electrons. The number of halogens is 4. The number of nitrogens with one attached hydrogen (secondary N) is 1. The highest BCUT2D eigenvalue weighted by Crippen LogP contribution is 2.32. The summed E-state index contributed by atoms with van der Waals surface area (Å²) < 4.78 is 39.2. The summed E-state index contributed by atoms with van der Waals surface area (Å²) in [5.74, 6) is -0.299. The van der Waals surface area contributed by atoms with Crippen molar-refractivity contribution >= 4 is 23.4 Å². The number of hydrogen-bond donors (Lipinski definition) is 1. The fraction of sp³-hybridized carbons (Fsp3) is 0.529. The van der Waals surface area contributed by atoms with Crippen molar-refractivity contribution in [1.82, 2.24) is 10.2 Å². The molecule has 0 saturated carbocycles. The van der Waals surface area contributed by atoms with Crippen LogP contribution in [0.25, 0.3) is 0 Å². The highest BCUT2D eigenvalue weighted by atomic mass is 35.5. The van der Waals surface area contributed by atoms with Crippen molar-refractivity contribution in [2.24, 2.45) is 0 Å². The van der Waals surface area contributed by atoms with Crippen LogP contribution in [0, 0.1) is 0 Å². The SMILES string of the molecule is O=C(CCCCl)NC1CCN(C(=O)c2ccccc2C(F)(F)F)CC1. The number of nitrogens with zero attached hydrogens (tertiary/aromatic N) is 1. The lowest BCUT2D eigenvalue weighted by Gasteiger charge is -2.33. The van der Waals surface area contributed by atoms with Crippen molar-refractivity contribution in [3.05, 3.63) is 35.4 Å². The number of carbonyl (C=O) groups excluding carboxylic acids is 2. The molecule has 2 rings (SSSR count). The van der Waals surface area contributed by atoms with Crippen LogP contribution in [0.4, 0.5) is 13.2 Å². The highest BCUT2D eigenvalue weighted by molar-refractivity contribution is 6.17. The molecule has 0 aromatic heterocycles. The predicted molar refractivity (Wildman–Crippen MR) is 88.5 cm³/mol. The van der Waals surface area contributed by atoms with E-state index in [1.54, 1.807) is 0 Å². The van der Waals surface area contributed by atoms with E-state index in [9.17, 15) is 22.8 Å². The zero-order valence-corrected chi connectivity index (χ0v) is 14.4. The number of hydrogen-bond acceptors (Lipinski definition) is 2. The van der Waals surface area contributed by atoms with Crippen LogP contribution in [0.5, 0.6) is 0 Å². The first-order chi connectivity index (χ1) is 11.8. The van der Waals surface area contributed by atoms with Gasteiger partial charge in [0.2, 0.25) is 5.91 Å². The van der Waals surface area contributed by atoms with E-state index in [1.165, 1.54) is 23.1 Å². The average Bonchev–Trinajstić information content (AvgIpc) is 2.59. The molecule has 1 heterocycles. The van der Waals surface area contributed by atoms with Crippen molar-refractivity contribution < 1.29 is 22.8 Å². The monoisotopic (exact) mass is 376 g/mol. The lowest BCUT2D eigenvalue weighted by molar-refractivity contribution is -0.138. The summed E-state index contributed by atoms with van der Waals surface area (Å²) in [7, 11) is 0. The predicted octanol–water partition coefficient (Wildman–Crippen LogP) is 3.45. The summed E-state index contributed by atoms with van der Waals surface area (Å²) >= 11 is 5.54. The Morgan fingerprint density at radius 3 is 2.44 bits per heavy atom. The minimum absolute atomic E-state index is 0.0651. The van der Waals surface area contributed by atoms with Crippen LogP contribution in [0.3, 0.4) is 0 Å². The Kier molecular flexibility index (Phi) is 6.70. The molecule has 8 heteroatoms. The minimum Gasteiger partial charge on any atom is -0.353 e. The molecule has 1 N–H and O–H groups in total. The van der Waals surface area contributed by atoms with Gasteiger partial charge in [-0.2, -0.15) is 13.2 Å². The van der Waals surface area contributed by atoms with Crippen molar-refractivity contribution in [1.29, 1.82) is 0 Å². The topological polar surface area (TPSA) is 49.4 Å². The Bertz CT molecular complexity index is 614. The van der Waals surface area contributed by atoms with Gasteiger partial charge in [0.25, 0.3) is 5.91 Å². The Morgan fingerprint density at radius 1 is 1.20 bits per heavy atom. The molecule has 1 saturated heterocycles. The summed E-state index contributed by atoms with van der Waals surface area (Å²) in [4.78, 5) is 25.6. The lowest BCUT2D eigenvalue weighted by atomic mass is 10.0. The van der Waals surface area contributed by atoms with E-state index in [-0.39, 0.29) is 17.5 Å². The first kappa shape index (κ1) is 19.6. The molecule has 0 bridgehead atoms. The van der Waals surface area contributed by atoms with E-state index in [2.05, 4.69) is 5.32 Å². The second-order valence-electron chi connectivity index (χ2n) is 5.97. The van der Waals surface area contributed by atoms with Crippen LogP contribution in [0.2, 0.25) is 0 Å². The van der Waals surface area contributed by atoms with Gasteiger partial charge in [0.1, 0.15) is 0 Å². The molecule has 25 heavy (non-hydrogen) atoms. The normalized spacial score (nSPS) is 15.9. The molecule has 1 aromatic carbocycles. The van der Waals surface area contributed by atoms with Gasteiger partial charge in [0.15, 0.2) is 0 Å². The van der Waals surface area contributed by atoms with Gasteiger partial charge in [-0.1, -0.05) is 12.1 Å². The van der Waals surface area contributed by atoms with Crippen LogP contribution in [-0.4, -0.2) is 41.7 Å². The van der Waals surface area contributed by atoms with E-state index in [0.29, 0.717) is 44.7 Å². The zero-order valence-electron chi connectivity index (χ0n) is 13.6. The number of rotatable bonds is 5. The first-order valence-corrected chi connectivity index (χ1v) is 8.67. The summed E-state index contributed by atoms with van der Waals surface area (Å²) in [5.41, 5.74) is -1.25. The smallest absolute Gasteiger partial charge is 0.353 e. The molecule has 1 aliphatic heterocycles. The third-order valence-corrected chi connectivity index (χ3v) is 4.41. The number of likely N-dealkylation sites (tertiary alicyclic amines) is 1. The number of carbonyl (C=O) groups is 2. The highest BCUT2D eigenvalue weighted by Gasteiger charge is 2.36. The third-order valence-electron chi connectivity index (χ3n) is 4.15. The molecule has 1 fully saturated rings. The number of benzene rings is 1. The number of amides is 2. The molecule has 0 spiro atoms. The standard InChI is InChI=1S/C17H20ClF3N2O2/c18-9-3-6-15(24)22-12-7-10-23(11-8-12)16(25)13-4-1-2-5-14(13)17(19,20)21/h1-2,4-5,12H,3,6-11H2,(H,22,24). The lowest BCUT2D eigenvalue weighted by Crippen LogP contribution is -2.46. The number of piperidine rings is 1. The van der Waals surface area contributed by atoms with Gasteiger partial charge in [-0.15, -0.1) is 11.6 Å². The van der Waals surface area contributed by atoms with E-state index >= 15 is 0 Å². The van der Waals surface area contributed by atoms with Gasteiger partial charge >= 0.3 is 6.18 Å². The van der Waals surface area contributed by atoms with E-state index < -0.39 is 17.6 Å². The summed E-state index contributed by atoms with van der Waals surface area (Å²) in [6.45, 7) is 0.622. The minimum atomic E-state index is -4.57. The fourth-order valence-electron chi connectivity index (χ4n) is 2.84. The van der Waals surface area contributed by atoms with Gasteiger partial charge in [0, 0.05) is 31.4 Å². The third kappa shape index (κ3) is 5.36. The average molecular weight is 377 g/mol.